The lowest BCUT2D eigenvalue weighted by Crippen LogP contribution is -2.28. The number of alkyl halides is 2. The zero-order chi connectivity index (χ0) is 23.8. The topological polar surface area (TPSA) is 146 Å². The minimum atomic E-state index is -5.78. The summed E-state index contributed by atoms with van der Waals surface area (Å²) in [4.78, 5) is 41.9. The monoisotopic (exact) mass is 527 g/mol. The molecule has 0 saturated carbocycles. The quantitative estimate of drug-likeness (QED) is 0.428. The Labute approximate surface area is 187 Å². The van der Waals surface area contributed by atoms with Gasteiger partial charge in [-0.3, -0.25) is 9.13 Å². The number of carboxylic acid groups (broad SMARTS) is 1. The van der Waals surface area contributed by atoms with E-state index in [4.69, 9.17) is 15.0 Å². The van der Waals surface area contributed by atoms with Crippen molar-refractivity contribution in [3.05, 3.63) is 80.3 Å². The summed E-state index contributed by atoms with van der Waals surface area (Å²) in [7, 11) is -5.78. The lowest BCUT2D eigenvalue weighted by atomic mass is 10.1. The van der Waals surface area contributed by atoms with Crippen LogP contribution in [-0.4, -0.2) is 30.1 Å². The Morgan fingerprint density at radius 2 is 1.81 bits per heavy atom. The van der Waals surface area contributed by atoms with Gasteiger partial charge in [0, 0.05) is 16.2 Å². The Morgan fingerprint density at radius 1 is 1.19 bits per heavy atom. The molecule has 0 unspecified atom stereocenters. The first-order valence-electron chi connectivity index (χ1n) is 8.65. The molecule has 166 valence electrons. The van der Waals surface area contributed by atoms with Crippen LogP contribution in [0.5, 0.6) is 0 Å². The Hall–Kier alpha value is -3.10. The number of hydrogen-bond acceptors (Lipinski definition) is 4. The number of hydrogen-bond donors (Lipinski definition) is 3. The van der Waals surface area contributed by atoms with Crippen LogP contribution in [0.3, 0.4) is 0 Å². The molecule has 3 aromatic rings. The lowest BCUT2D eigenvalue weighted by molar-refractivity contribution is 0.0557. The van der Waals surface area contributed by atoms with E-state index in [-0.39, 0.29) is 22.3 Å². The number of carbonyl (C=O) groups is 1. The van der Waals surface area contributed by atoms with Gasteiger partial charge in [-0.15, -0.1) is 0 Å². The molecule has 2 aromatic carbocycles. The van der Waals surface area contributed by atoms with Gasteiger partial charge in [-0.05, 0) is 29.3 Å². The Kier molecular flexibility index (Phi) is 6.22. The third-order valence-electron chi connectivity index (χ3n) is 4.56. The van der Waals surface area contributed by atoms with E-state index in [0.717, 1.165) is 29.0 Å². The summed E-state index contributed by atoms with van der Waals surface area (Å²) in [6, 6.07) is 11.1. The summed E-state index contributed by atoms with van der Waals surface area (Å²) in [5.74, 6) is 0. The van der Waals surface area contributed by atoms with Crippen LogP contribution in [0, 0.1) is 11.3 Å². The number of imidazole rings is 1. The van der Waals surface area contributed by atoms with Gasteiger partial charge < -0.3 is 14.9 Å². The van der Waals surface area contributed by atoms with Crippen LogP contribution in [0.25, 0.3) is 11.3 Å². The Bertz CT molecular complexity index is 1350. The molecule has 0 aliphatic carbocycles. The fraction of sp³-hybridized carbons (Fsp3) is 0.105. The van der Waals surface area contributed by atoms with E-state index in [1.807, 2.05) is 6.07 Å². The van der Waals surface area contributed by atoms with Crippen LogP contribution < -0.4 is 5.69 Å². The number of nitriles is 1. The molecule has 3 N–H and O–H groups in total. The maximum absolute atomic E-state index is 14.0. The molecule has 0 amide bonds. The normalized spacial score (nSPS) is 11.9. The third kappa shape index (κ3) is 4.28. The molecule has 0 spiro atoms. The molecule has 0 fully saturated rings. The molecule has 9 nitrogen and oxygen atoms in total. The SMILES string of the molecule is N#Cc1ccc(-c2cn(C(=O)O)c(=O)n2Cc2ccc(C(F)(F)P(=O)(O)O)c(Br)c2)cc1. The second-order valence-electron chi connectivity index (χ2n) is 6.62. The molecule has 0 radical (unpaired) electrons. The van der Waals surface area contributed by atoms with E-state index in [1.54, 1.807) is 0 Å². The van der Waals surface area contributed by atoms with Crippen LogP contribution in [0.4, 0.5) is 13.6 Å². The van der Waals surface area contributed by atoms with Crippen molar-refractivity contribution in [3.8, 4) is 17.3 Å². The van der Waals surface area contributed by atoms with Crippen molar-refractivity contribution < 1.29 is 33.0 Å². The van der Waals surface area contributed by atoms with Crippen molar-refractivity contribution in [1.29, 1.82) is 5.26 Å². The molecule has 32 heavy (non-hydrogen) atoms. The van der Waals surface area contributed by atoms with Crippen molar-refractivity contribution >= 4 is 29.6 Å². The van der Waals surface area contributed by atoms with Gasteiger partial charge in [0.15, 0.2) is 0 Å². The highest BCUT2D eigenvalue weighted by Crippen LogP contribution is 2.60. The minimum absolute atomic E-state index is 0.197. The smallest absolute Gasteiger partial charge is 0.419 e. The van der Waals surface area contributed by atoms with Crippen LogP contribution >= 0.6 is 23.5 Å². The maximum Gasteiger partial charge on any atom is 0.419 e. The number of nitrogens with zero attached hydrogens (tertiary/aromatic N) is 3. The predicted octanol–water partition coefficient (Wildman–Crippen LogP) is 3.75. The lowest BCUT2D eigenvalue weighted by Gasteiger charge is -2.19. The standard InChI is InChI=1S/C19H13BrF2N3O6P/c20-15-7-12(3-6-14(15)19(21,22)32(29,30)31)9-24-16(10-25(17(24)26)18(27)28)13-4-1-11(8-23)2-5-13/h1-7,10H,9H2,(H,27,28)(H2,29,30,31). The highest BCUT2D eigenvalue weighted by molar-refractivity contribution is 9.10. The summed E-state index contributed by atoms with van der Waals surface area (Å²) in [5.41, 5.74) is -5.00. The van der Waals surface area contributed by atoms with Gasteiger partial charge in [0.25, 0.3) is 0 Å². The predicted molar refractivity (Wildman–Crippen MR) is 111 cm³/mol. The second-order valence-corrected chi connectivity index (χ2v) is 9.13. The number of aromatic nitrogens is 2. The molecule has 13 heteroatoms. The zero-order valence-electron chi connectivity index (χ0n) is 15.8. The molecule has 0 aliphatic heterocycles. The third-order valence-corrected chi connectivity index (χ3v) is 6.19. The van der Waals surface area contributed by atoms with Crippen LogP contribution in [0.2, 0.25) is 0 Å². The largest absolute Gasteiger partial charge is 0.464 e. The van der Waals surface area contributed by atoms with Crippen molar-refractivity contribution in [1.82, 2.24) is 9.13 Å². The van der Waals surface area contributed by atoms with Crippen molar-refractivity contribution in [2.75, 3.05) is 0 Å². The molecule has 3 rings (SSSR count). The molecule has 0 saturated heterocycles. The van der Waals surface area contributed by atoms with Gasteiger partial charge in [-0.1, -0.05) is 40.2 Å². The first-order valence-corrected chi connectivity index (χ1v) is 11.1. The molecule has 0 atom stereocenters. The highest BCUT2D eigenvalue weighted by atomic mass is 79.9. The maximum atomic E-state index is 14.0. The van der Waals surface area contributed by atoms with E-state index in [0.29, 0.717) is 15.7 Å². The summed E-state index contributed by atoms with van der Waals surface area (Å²) in [6.07, 6.45) is -0.432. The molecule has 0 aliphatic rings. The van der Waals surface area contributed by atoms with Crippen LogP contribution in [0.15, 0.2) is 57.9 Å². The van der Waals surface area contributed by atoms with E-state index >= 15 is 0 Å². The summed E-state index contributed by atoms with van der Waals surface area (Å²) < 4.78 is 40.5. The van der Waals surface area contributed by atoms with E-state index in [1.165, 1.54) is 24.3 Å². The van der Waals surface area contributed by atoms with E-state index in [9.17, 15) is 28.0 Å². The fourth-order valence-corrected chi connectivity index (χ4v) is 4.29. The molecule has 1 heterocycles. The fourth-order valence-electron chi connectivity index (χ4n) is 2.96. The van der Waals surface area contributed by atoms with Gasteiger partial charge in [-0.2, -0.15) is 14.0 Å². The average molecular weight is 528 g/mol. The zero-order valence-corrected chi connectivity index (χ0v) is 18.3. The summed E-state index contributed by atoms with van der Waals surface area (Å²) in [5, 5.41) is 18.2. The Balaban J connectivity index is 2.08. The van der Waals surface area contributed by atoms with Crippen molar-refractivity contribution in [2.45, 2.75) is 12.2 Å². The van der Waals surface area contributed by atoms with E-state index in [2.05, 4.69) is 15.9 Å². The molecular formula is C19H13BrF2N3O6P. The van der Waals surface area contributed by atoms with Gasteiger partial charge >= 0.3 is 25.0 Å². The number of rotatable bonds is 5. The first kappa shape index (κ1) is 23.6. The van der Waals surface area contributed by atoms with Crippen molar-refractivity contribution in [2.24, 2.45) is 0 Å². The van der Waals surface area contributed by atoms with Crippen LogP contribution in [-0.2, 0) is 16.8 Å². The molecule has 1 aromatic heterocycles. The summed E-state index contributed by atoms with van der Waals surface area (Å²) in [6.45, 7) is -0.227. The first-order chi connectivity index (χ1) is 14.9. The van der Waals surface area contributed by atoms with Crippen LogP contribution in [0.1, 0.15) is 16.7 Å². The highest BCUT2D eigenvalue weighted by Gasteiger charge is 2.51. The van der Waals surface area contributed by atoms with E-state index < -0.39 is 30.6 Å². The number of benzene rings is 2. The van der Waals surface area contributed by atoms with Crippen molar-refractivity contribution in [3.63, 3.8) is 0 Å². The minimum Gasteiger partial charge on any atom is -0.464 e. The number of halogens is 3. The molecular weight excluding hydrogens is 515 g/mol. The van der Waals surface area contributed by atoms with Gasteiger partial charge in [0.1, 0.15) is 0 Å². The van der Waals surface area contributed by atoms with Gasteiger partial charge in [0.2, 0.25) is 0 Å². The van der Waals surface area contributed by atoms with Gasteiger partial charge in [0.05, 0.1) is 23.9 Å². The molecule has 0 bridgehead atoms. The average Bonchev–Trinajstić information content (AvgIpc) is 3.03. The summed E-state index contributed by atoms with van der Waals surface area (Å²) >= 11 is 2.87. The Morgan fingerprint density at radius 3 is 2.31 bits per heavy atom. The van der Waals surface area contributed by atoms with Gasteiger partial charge in [-0.25, -0.2) is 14.2 Å². The second kappa shape index (κ2) is 8.44.